The van der Waals surface area contributed by atoms with Crippen molar-refractivity contribution in [3.05, 3.63) is 59.2 Å². The smallest absolute Gasteiger partial charge is 0.340 e. The molecule has 1 saturated heterocycles. The Hall–Kier alpha value is -3.29. The van der Waals surface area contributed by atoms with E-state index in [0.717, 1.165) is 18.7 Å². The lowest BCUT2D eigenvalue weighted by atomic mass is 10.1. The Morgan fingerprint density at radius 1 is 1.14 bits per heavy atom. The SMILES string of the molecule is COC(=O)c1cc(NC(=O)C2CC(=O)N(c3ccc(C)cc3)C2)c(F)cc1F. The van der Waals surface area contributed by atoms with E-state index in [4.69, 9.17) is 0 Å². The van der Waals surface area contributed by atoms with E-state index in [1.807, 2.05) is 19.1 Å². The maximum absolute atomic E-state index is 14.0. The Morgan fingerprint density at radius 3 is 2.46 bits per heavy atom. The molecule has 6 nitrogen and oxygen atoms in total. The molecule has 0 aromatic heterocycles. The number of halogens is 2. The Bertz CT molecular complexity index is 944. The molecule has 1 heterocycles. The van der Waals surface area contributed by atoms with E-state index >= 15 is 0 Å². The van der Waals surface area contributed by atoms with E-state index < -0.39 is 35.0 Å². The Balaban J connectivity index is 1.76. The number of rotatable bonds is 4. The minimum atomic E-state index is -1.09. The van der Waals surface area contributed by atoms with E-state index in [2.05, 4.69) is 10.1 Å². The van der Waals surface area contributed by atoms with Crippen LogP contribution in [0.2, 0.25) is 0 Å². The number of carbonyl (C=O) groups excluding carboxylic acids is 3. The first-order valence-electron chi connectivity index (χ1n) is 8.55. The number of carbonyl (C=O) groups is 3. The number of aryl methyl sites for hydroxylation is 1. The van der Waals surface area contributed by atoms with Gasteiger partial charge in [-0.25, -0.2) is 13.6 Å². The maximum Gasteiger partial charge on any atom is 0.340 e. The Morgan fingerprint density at radius 2 is 1.82 bits per heavy atom. The third-order valence-electron chi connectivity index (χ3n) is 4.56. The molecular weight excluding hydrogens is 370 g/mol. The van der Waals surface area contributed by atoms with Crippen molar-refractivity contribution in [1.29, 1.82) is 0 Å². The van der Waals surface area contributed by atoms with E-state index in [1.165, 1.54) is 4.90 Å². The Kier molecular flexibility index (Phi) is 5.39. The van der Waals surface area contributed by atoms with Crippen LogP contribution in [0.3, 0.4) is 0 Å². The van der Waals surface area contributed by atoms with Crippen LogP contribution in [0.4, 0.5) is 20.2 Å². The van der Waals surface area contributed by atoms with Crippen molar-refractivity contribution in [1.82, 2.24) is 0 Å². The second-order valence-corrected chi connectivity index (χ2v) is 6.53. The summed E-state index contributed by atoms with van der Waals surface area (Å²) in [6, 6.07) is 8.67. The predicted octanol–water partition coefficient (Wildman–Crippen LogP) is 3.05. The minimum absolute atomic E-state index is 0.0353. The molecule has 1 N–H and O–H groups in total. The number of nitrogens with zero attached hydrogens (tertiary/aromatic N) is 1. The van der Waals surface area contributed by atoms with Crippen molar-refractivity contribution >= 4 is 29.2 Å². The molecule has 1 aliphatic rings. The van der Waals surface area contributed by atoms with Crippen molar-refractivity contribution < 1.29 is 27.9 Å². The van der Waals surface area contributed by atoms with Crippen LogP contribution in [0, 0.1) is 24.5 Å². The lowest BCUT2D eigenvalue weighted by molar-refractivity contribution is -0.122. The molecule has 146 valence electrons. The number of methoxy groups -OCH3 is 1. The van der Waals surface area contributed by atoms with Gasteiger partial charge in [-0.2, -0.15) is 0 Å². The predicted molar refractivity (Wildman–Crippen MR) is 98.0 cm³/mol. The second kappa shape index (κ2) is 7.75. The summed E-state index contributed by atoms with van der Waals surface area (Å²) in [6.45, 7) is 2.06. The monoisotopic (exact) mass is 388 g/mol. The summed E-state index contributed by atoms with van der Waals surface area (Å²) in [4.78, 5) is 37.8. The highest BCUT2D eigenvalue weighted by Crippen LogP contribution is 2.27. The second-order valence-electron chi connectivity index (χ2n) is 6.53. The molecule has 1 unspecified atom stereocenters. The fourth-order valence-corrected chi connectivity index (χ4v) is 3.00. The molecule has 0 aliphatic carbocycles. The van der Waals surface area contributed by atoms with Gasteiger partial charge in [0.1, 0.15) is 11.6 Å². The van der Waals surface area contributed by atoms with E-state index in [9.17, 15) is 23.2 Å². The molecule has 1 aliphatic heterocycles. The third-order valence-corrected chi connectivity index (χ3v) is 4.56. The number of amides is 2. The molecule has 3 rings (SSSR count). The topological polar surface area (TPSA) is 75.7 Å². The summed E-state index contributed by atoms with van der Waals surface area (Å²) in [5, 5.41) is 2.33. The van der Waals surface area contributed by atoms with E-state index in [-0.39, 0.29) is 24.6 Å². The third kappa shape index (κ3) is 3.85. The number of esters is 1. The normalized spacial score (nSPS) is 16.2. The zero-order valence-electron chi connectivity index (χ0n) is 15.3. The molecule has 2 amide bonds. The summed E-state index contributed by atoms with van der Waals surface area (Å²) in [6.07, 6.45) is -0.0353. The molecule has 28 heavy (non-hydrogen) atoms. The van der Waals surface area contributed by atoms with Crippen LogP contribution in [0.15, 0.2) is 36.4 Å². The van der Waals surface area contributed by atoms with Gasteiger partial charge in [0.2, 0.25) is 11.8 Å². The van der Waals surface area contributed by atoms with Crippen LogP contribution >= 0.6 is 0 Å². The van der Waals surface area contributed by atoms with E-state index in [0.29, 0.717) is 11.8 Å². The van der Waals surface area contributed by atoms with Gasteiger partial charge in [0.15, 0.2) is 0 Å². The quantitative estimate of drug-likeness (QED) is 0.817. The number of hydrogen-bond acceptors (Lipinski definition) is 4. The maximum atomic E-state index is 14.0. The van der Waals surface area contributed by atoms with Crippen LogP contribution in [-0.4, -0.2) is 31.4 Å². The van der Waals surface area contributed by atoms with Crippen molar-refractivity contribution in [2.24, 2.45) is 5.92 Å². The number of ether oxygens (including phenoxy) is 1. The zero-order chi connectivity index (χ0) is 20.4. The van der Waals surface area contributed by atoms with Gasteiger partial charge in [-0.05, 0) is 25.1 Å². The molecular formula is C20H18F2N2O4. The summed E-state index contributed by atoms with van der Waals surface area (Å²) in [7, 11) is 1.06. The summed E-state index contributed by atoms with van der Waals surface area (Å²) in [5.41, 5.74) is 0.862. The fourth-order valence-electron chi connectivity index (χ4n) is 3.00. The molecule has 0 saturated carbocycles. The molecule has 0 spiro atoms. The highest BCUT2D eigenvalue weighted by Gasteiger charge is 2.35. The first kappa shape index (κ1) is 19.5. The van der Waals surface area contributed by atoms with Crippen molar-refractivity contribution in [2.45, 2.75) is 13.3 Å². The molecule has 8 heteroatoms. The molecule has 2 aromatic rings. The Labute approximate surface area is 160 Å². The number of nitrogens with one attached hydrogen (secondary N) is 1. The average Bonchev–Trinajstić information content (AvgIpc) is 3.05. The van der Waals surface area contributed by atoms with Gasteiger partial charge >= 0.3 is 5.97 Å². The highest BCUT2D eigenvalue weighted by atomic mass is 19.1. The summed E-state index contributed by atoms with van der Waals surface area (Å²) in [5.74, 6) is -4.64. The van der Waals surface area contributed by atoms with Gasteiger partial charge in [0, 0.05) is 24.7 Å². The first-order valence-corrected chi connectivity index (χ1v) is 8.55. The largest absolute Gasteiger partial charge is 0.465 e. The van der Waals surface area contributed by atoms with Crippen molar-refractivity contribution in [3.8, 4) is 0 Å². The van der Waals surface area contributed by atoms with Gasteiger partial charge in [-0.15, -0.1) is 0 Å². The van der Waals surface area contributed by atoms with Crippen molar-refractivity contribution in [3.63, 3.8) is 0 Å². The van der Waals surface area contributed by atoms with E-state index in [1.54, 1.807) is 12.1 Å². The van der Waals surface area contributed by atoms with Crippen LogP contribution in [0.5, 0.6) is 0 Å². The molecule has 1 fully saturated rings. The first-order chi connectivity index (χ1) is 13.3. The lowest BCUT2D eigenvalue weighted by Crippen LogP contribution is -2.28. The number of benzene rings is 2. The van der Waals surface area contributed by atoms with Crippen LogP contribution in [0.1, 0.15) is 22.3 Å². The van der Waals surface area contributed by atoms with Crippen molar-refractivity contribution in [2.75, 3.05) is 23.9 Å². The minimum Gasteiger partial charge on any atom is -0.465 e. The van der Waals surface area contributed by atoms with Crippen LogP contribution in [0.25, 0.3) is 0 Å². The van der Waals surface area contributed by atoms with Gasteiger partial charge in [-0.1, -0.05) is 17.7 Å². The molecule has 0 radical (unpaired) electrons. The van der Waals surface area contributed by atoms with Gasteiger partial charge in [-0.3, -0.25) is 9.59 Å². The van der Waals surface area contributed by atoms with Crippen LogP contribution < -0.4 is 10.2 Å². The standard InChI is InChI=1S/C20H18F2N2O4/c1-11-3-5-13(6-4-11)24-10-12(7-18(24)25)19(26)23-17-8-14(20(27)28-2)15(21)9-16(17)22/h3-6,8-9,12H,7,10H2,1-2H3,(H,23,26). The number of hydrogen-bond donors (Lipinski definition) is 1. The van der Waals surface area contributed by atoms with Gasteiger partial charge in [0.25, 0.3) is 0 Å². The lowest BCUT2D eigenvalue weighted by Gasteiger charge is -2.17. The van der Waals surface area contributed by atoms with Gasteiger partial charge < -0.3 is 15.0 Å². The molecule has 0 bridgehead atoms. The average molecular weight is 388 g/mol. The zero-order valence-corrected chi connectivity index (χ0v) is 15.3. The number of anilines is 2. The fraction of sp³-hybridized carbons (Fsp3) is 0.250. The summed E-state index contributed by atoms with van der Waals surface area (Å²) < 4.78 is 32.2. The highest BCUT2D eigenvalue weighted by molar-refractivity contribution is 6.04. The van der Waals surface area contributed by atoms with Gasteiger partial charge in [0.05, 0.1) is 24.3 Å². The summed E-state index contributed by atoms with van der Waals surface area (Å²) >= 11 is 0. The molecule has 2 aromatic carbocycles. The van der Waals surface area contributed by atoms with Crippen LogP contribution in [-0.2, 0) is 14.3 Å². The molecule has 1 atom stereocenters.